The standard InChI is InChI=1S/C15H15NO3/c1-9-4-2-5-12(14(9)17)16-15(18)11-8-10(11)13-6-3-7-19-13/h2-7,10-11,17H,8H2,1H3,(H,16,18)/t10-,11-/m0/s1. The van der Waals surface area contributed by atoms with Crippen molar-refractivity contribution in [2.45, 2.75) is 19.3 Å². The monoisotopic (exact) mass is 257 g/mol. The van der Waals surface area contributed by atoms with Crippen molar-refractivity contribution < 1.29 is 14.3 Å². The van der Waals surface area contributed by atoms with Crippen LogP contribution in [0.4, 0.5) is 5.69 Å². The van der Waals surface area contributed by atoms with Gasteiger partial charge in [-0.05, 0) is 37.1 Å². The average Bonchev–Trinajstić information content (AvgIpc) is 3.02. The van der Waals surface area contributed by atoms with E-state index in [9.17, 15) is 9.90 Å². The Morgan fingerprint density at radius 2 is 2.21 bits per heavy atom. The second-order valence-corrected chi connectivity index (χ2v) is 4.92. The molecule has 1 aliphatic carbocycles. The summed E-state index contributed by atoms with van der Waals surface area (Å²) in [6.45, 7) is 1.80. The number of benzene rings is 1. The minimum absolute atomic E-state index is 0.0638. The third kappa shape index (κ3) is 2.21. The predicted molar refractivity (Wildman–Crippen MR) is 71.0 cm³/mol. The van der Waals surface area contributed by atoms with Crippen LogP contribution in [0.25, 0.3) is 0 Å². The Morgan fingerprint density at radius 3 is 2.95 bits per heavy atom. The van der Waals surface area contributed by atoms with E-state index in [0.29, 0.717) is 5.69 Å². The minimum Gasteiger partial charge on any atom is -0.505 e. The van der Waals surface area contributed by atoms with Crippen LogP contribution in [0.5, 0.6) is 5.75 Å². The van der Waals surface area contributed by atoms with Crippen molar-refractivity contribution in [1.82, 2.24) is 0 Å². The van der Waals surface area contributed by atoms with Gasteiger partial charge in [-0.1, -0.05) is 12.1 Å². The molecule has 4 nitrogen and oxygen atoms in total. The van der Waals surface area contributed by atoms with Gasteiger partial charge in [0, 0.05) is 11.8 Å². The van der Waals surface area contributed by atoms with Crippen LogP contribution in [0.1, 0.15) is 23.7 Å². The van der Waals surface area contributed by atoms with Gasteiger partial charge in [-0.15, -0.1) is 0 Å². The van der Waals surface area contributed by atoms with Gasteiger partial charge in [-0.25, -0.2) is 0 Å². The molecule has 0 unspecified atom stereocenters. The Labute approximate surface area is 111 Å². The summed E-state index contributed by atoms with van der Waals surface area (Å²) in [5.41, 5.74) is 1.21. The molecule has 1 amide bonds. The molecule has 0 aliphatic heterocycles. The number of nitrogens with one attached hydrogen (secondary N) is 1. The lowest BCUT2D eigenvalue weighted by molar-refractivity contribution is -0.117. The molecule has 1 aliphatic rings. The predicted octanol–water partition coefficient (Wildman–Crippen LogP) is 3.04. The molecule has 0 saturated heterocycles. The molecule has 19 heavy (non-hydrogen) atoms. The van der Waals surface area contributed by atoms with Crippen LogP contribution in [-0.4, -0.2) is 11.0 Å². The molecule has 2 atom stereocenters. The number of carbonyl (C=O) groups excluding carboxylic acids is 1. The molecule has 1 heterocycles. The SMILES string of the molecule is Cc1cccc(NC(=O)[C@H]2C[C@@H]2c2ccco2)c1O. The van der Waals surface area contributed by atoms with Crippen LogP contribution in [0.15, 0.2) is 41.0 Å². The van der Waals surface area contributed by atoms with Crippen molar-refractivity contribution in [2.24, 2.45) is 5.92 Å². The van der Waals surface area contributed by atoms with Crippen molar-refractivity contribution in [2.75, 3.05) is 5.32 Å². The van der Waals surface area contributed by atoms with E-state index in [-0.39, 0.29) is 23.5 Å². The van der Waals surface area contributed by atoms with Crippen LogP contribution in [0, 0.1) is 12.8 Å². The number of phenols is 1. The van der Waals surface area contributed by atoms with Gasteiger partial charge in [-0.2, -0.15) is 0 Å². The molecule has 2 N–H and O–H groups in total. The summed E-state index contributed by atoms with van der Waals surface area (Å²) in [6, 6.07) is 9.02. The number of aryl methyl sites for hydroxylation is 1. The number of amides is 1. The average molecular weight is 257 g/mol. The highest BCUT2D eigenvalue weighted by molar-refractivity contribution is 5.96. The summed E-state index contributed by atoms with van der Waals surface area (Å²) >= 11 is 0. The van der Waals surface area contributed by atoms with E-state index in [1.165, 1.54) is 0 Å². The second kappa shape index (κ2) is 4.46. The van der Waals surface area contributed by atoms with Crippen LogP contribution < -0.4 is 5.32 Å². The third-order valence-corrected chi connectivity index (χ3v) is 3.53. The Morgan fingerprint density at radius 1 is 1.37 bits per heavy atom. The Balaban J connectivity index is 1.69. The summed E-state index contributed by atoms with van der Waals surface area (Å²) in [5.74, 6) is 1.02. The zero-order chi connectivity index (χ0) is 13.4. The van der Waals surface area contributed by atoms with Crippen molar-refractivity contribution in [3.63, 3.8) is 0 Å². The van der Waals surface area contributed by atoms with E-state index < -0.39 is 0 Å². The Hall–Kier alpha value is -2.23. The number of rotatable bonds is 3. The smallest absolute Gasteiger partial charge is 0.228 e. The summed E-state index contributed by atoms with van der Waals surface area (Å²) in [4.78, 5) is 12.1. The topological polar surface area (TPSA) is 62.5 Å². The van der Waals surface area contributed by atoms with E-state index in [1.54, 1.807) is 25.3 Å². The molecular formula is C15H15NO3. The van der Waals surface area contributed by atoms with Gasteiger partial charge in [0.25, 0.3) is 0 Å². The fourth-order valence-electron chi connectivity index (χ4n) is 2.29. The number of furan rings is 1. The van der Waals surface area contributed by atoms with Crippen LogP contribution in [0.2, 0.25) is 0 Å². The van der Waals surface area contributed by atoms with E-state index >= 15 is 0 Å². The van der Waals surface area contributed by atoms with Crippen molar-refractivity contribution in [3.8, 4) is 5.75 Å². The van der Waals surface area contributed by atoms with Crippen LogP contribution in [-0.2, 0) is 4.79 Å². The molecule has 3 rings (SSSR count). The first kappa shape index (κ1) is 11.8. The number of carbonyl (C=O) groups is 1. The third-order valence-electron chi connectivity index (χ3n) is 3.53. The molecule has 0 spiro atoms. The molecular weight excluding hydrogens is 242 g/mol. The maximum absolute atomic E-state index is 12.1. The molecule has 1 fully saturated rings. The van der Waals surface area contributed by atoms with Crippen molar-refractivity contribution in [3.05, 3.63) is 47.9 Å². The maximum Gasteiger partial charge on any atom is 0.228 e. The first-order valence-corrected chi connectivity index (χ1v) is 6.29. The zero-order valence-corrected chi connectivity index (χ0v) is 10.6. The highest BCUT2D eigenvalue weighted by Gasteiger charge is 2.45. The molecule has 1 aromatic carbocycles. The molecule has 0 bridgehead atoms. The molecule has 0 radical (unpaired) electrons. The lowest BCUT2D eigenvalue weighted by Crippen LogP contribution is -2.14. The van der Waals surface area contributed by atoms with E-state index in [1.807, 2.05) is 18.2 Å². The molecule has 4 heteroatoms. The second-order valence-electron chi connectivity index (χ2n) is 4.92. The minimum atomic E-state index is -0.0673. The van der Waals surface area contributed by atoms with Gasteiger partial charge in [-0.3, -0.25) is 4.79 Å². The van der Waals surface area contributed by atoms with Gasteiger partial charge < -0.3 is 14.8 Å². The van der Waals surface area contributed by atoms with Gasteiger partial charge >= 0.3 is 0 Å². The van der Waals surface area contributed by atoms with Gasteiger partial charge in [0.1, 0.15) is 11.5 Å². The van der Waals surface area contributed by atoms with Gasteiger partial charge in [0.15, 0.2) is 0 Å². The van der Waals surface area contributed by atoms with Crippen LogP contribution >= 0.6 is 0 Å². The number of hydrogen-bond acceptors (Lipinski definition) is 3. The van der Waals surface area contributed by atoms with Gasteiger partial charge in [0.05, 0.1) is 12.0 Å². The zero-order valence-electron chi connectivity index (χ0n) is 10.6. The maximum atomic E-state index is 12.1. The highest BCUT2D eigenvalue weighted by Crippen LogP contribution is 2.48. The van der Waals surface area contributed by atoms with E-state index in [0.717, 1.165) is 17.7 Å². The normalized spacial score (nSPS) is 21.1. The summed E-state index contributed by atoms with van der Waals surface area (Å²) in [7, 11) is 0. The first-order chi connectivity index (χ1) is 9.16. The number of aromatic hydroxyl groups is 1. The fourth-order valence-corrected chi connectivity index (χ4v) is 2.29. The van der Waals surface area contributed by atoms with Gasteiger partial charge in [0.2, 0.25) is 5.91 Å². The number of hydrogen-bond donors (Lipinski definition) is 2. The number of para-hydroxylation sites is 1. The molecule has 2 aromatic rings. The Kier molecular flexibility index (Phi) is 2.78. The Bertz CT molecular complexity index is 604. The quantitative estimate of drug-likeness (QED) is 0.831. The lowest BCUT2D eigenvalue weighted by atomic mass is 10.2. The number of phenolic OH excluding ortho intramolecular Hbond substituents is 1. The van der Waals surface area contributed by atoms with Crippen LogP contribution in [0.3, 0.4) is 0 Å². The molecule has 1 saturated carbocycles. The lowest BCUT2D eigenvalue weighted by Gasteiger charge is -2.08. The van der Waals surface area contributed by atoms with E-state index in [4.69, 9.17) is 4.42 Å². The summed E-state index contributed by atoms with van der Waals surface area (Å²) < 4.78 is 5.30. The molecule has 1 aromatic heterocycles. The van der Waals surface area contributed by atoms with Crippen molar-refractivity contribution >= 4 is 11.6 Å². The van der Waals surface area contributed by atoms with E-state index in [2.05, 4.69) is 5.32 Å². The summed E-state index contributed by atoms with van der Waals surface area (Å²) in [5, 5.41) is 12.6. The van der Waals surface area contributed by atoms with Crippen molar-refractivity contribution in [1.29, 1.82) is 0 Å². The summed E-state index contributed by atoms with van der Waals surface area (Å²) in [6.07, 6.45) is 2.42. The largest absolute Gasteiger partial charge is 0.505 e. The number of anilines is 1. The fraction of sp³-hybridized carbons (Fsp3) is 0.267. The first-order valence-electron chi connectivity index (χ1n) is 6.29. The highest BCUT2D eigenvalue weighted by atomic mass is 16.3. The molecule has 98 valence electrons.